The molecule has 1 atom stereocenters. The minimum atomic E-state index is 0.0979. The first-order valence-corrected chi connectivity index (χ1v) is 10.3. The van der Waals surface area contributed by atoms with E-state index >= 15 is 0 Å². The summed E-state index contributed by atoms with van der Waals surface area (Å²) in [5.41, 5.74) is 0.888. The zero-order valence-electron chi connectivity index (χ0n) is 16.2. The zero-order chi connectivity index (χ0) is 19.2. The molecule has 4 rings (SSSR count). The lowest BCUT2D eigenvalue weighted by atomic mass is 9.93. The summed E-state index contributed by atoms with van der Waals surface area (Å²) in [5.74, 6) is 2.52. The molecule has 0 radical (unpaired) electrons. The molecule has 7 nitrogen and oxygen atoms in total. The normalized spacial score (nSPS) is 19.3. The van der Waals surface area contributed by atoms with Crippen LogP contribution in [0.2, 0.25) is 0 Å². The fourth-order valence-electron chi connectivity index (χ4n) is 3.66. The van der Waals surface area contributed by atoms with Gasteiger partial charge in [-0.3, -0.25) is 9.78 Å². The van der Waals surface area contributed by atoms with Gasteiger partial charge in [0.15, 0.2) is 0 Å². The molecular formula is C21H28N6O. The molecule has 1 saturated heterocycles. The van der Waals surface area contributed by atoms with Crippen molar-refractivity contribution in [2.24, 2.45) is 5.92 Å². The Morgan fingerprint density at radius 1 is 1.18 bits per heavy atom. The Labute approximate surface area is 166 Å². The summed E-state index contributed by atoms with van der Waals surface area (Å²) in [6, 6.07) is 8.38. The number of piperidine rings is 1. The molecule has 2 aliphatic rings. The third-order valence-electron chi connectivity index (χ3n) is 5.40. The molecule has 28 heavy (non-hydrogen) atoms. The Hall–Kier alpha value is -2.70. The molecule has 0 spiro atoms. The number of nitrogens with zero attached hydrogens (tertiary/aromatic N) is 4. The first-order valence-electron chi connectivity index (χ1n) is 10.3. The topological polar surface area (TPSA) is 83.0 Å². The Morgan fingerprint density at radius 2 is 2.11 bits per heavy atom. The average Bonchev–Trinajstić information content (AvgIpc) is 3.56. The lowest BCUT2D eigenvalue weighted by Gasteiger charge is -2.33. The Morgan fingerprint density at radius 3 is 2.93 bits per heavy atom. The first kappa shape index (κ1) is 18.7. The van der Waals surface area contributed by atoms with Gasteiger partial charge in [0.1, 0.15) is 18.0 Å². The molecule has 1 saturated carbocycles. The maximum absolute atomic E-state index is 12.2. The second-order valence-corrected chi connectivity index (χ2v) is 7.77. The van der Waals surface area contributed by atoms with E-state index in [-0.39, 0.29) is 5.91 Å². The van der Waals surface area contributed by atoms with E-state index in [1.54, 1.807) is 12.5 Å². The quantitative estimate of drug-likeness (QED) is 0.733. The van der Waals surface area contributed by atoms with Crippen molar-refractivity contribution in [1.29, 1.82) is 0 Å². The van der Waals surface area contributed by atoms with Crippen LogP contribution >= 0.6 is 0 Å². The molecule has 148 valence electrons. The maximum Gasteiger partial charge on any atom is 0.220 e. The van der Waals surface area contributed by atoms with Gasteiger partial charge in [0.2, 0.25) is 5.91 Å². The summed E-state index contributed by atoms with van der Waals surface area (Å²) in [6.07, 6.45) is 9.62. The van der Waals surface area contributed by atoms with E-state index in [2.05, 4.69) is 36.6 Å². The Balaban J connectivity index is 1.24. The van der Waals surface area contributed by atoms with Crippen LogP contribution < -0.4 is 15.5 Å². The van der Waals surface area contributed by atoms with E-state index < -0.39 is 0 Å². The first-order chi connectivity index (χ1) is 13.8. The van der Waals surface area contributed by atoms with Crippen molar-refractivity contribution in [3.05, 3.63) is 42.5 Å². The van der Waals surface area contributed by atoms with Gasteiger partial charge in [-0.1, -0.05) is 6.07 Å². The molecule has 2 fully saturated rings. The molecule has 0 unspecified atom stereocenters. The van der Waals surface area contributed by atoms with Crippen molar-refractivity contribution >= 4 is 17.5 Å². The molecule has 1 aliphatic carbocycles. The van der Waals surface area contributed by atoms with Gasteiger partial charge in [0.25, 0.3) is 0 Å². The largest absolute Gasteiger partial charge is 0.367 e. The van der Waals surface area contributed by atoms with Crippen molar-refractivity contribution < 1.29 is 4.79 Å². The van der Waals surface area contributed by atoms with Crippen molar-refractivity contribution in [3.63, 3.8) is 0 Å². The van der Waals surface area contributed by atoms with Crippen molar-refractivity contribution in [2.75, 3.05) is 23.3 Å². The molecule has 1 amide bonds. The van der Waals surface area contributed by atoms with Crippen molar-refractivity contribution in [3.8, 4) is 0 Å². The van der Waals surface area contributed by atoms with Crippen LogP contribution in [-0.2, 0) is 11.3 Å². The lowest BCUT2D eigenvalue weighted by molar-refractivity contribution is -0.121. The van der Waals surface area contributed by atoms with E-state index in [0.717, 1.165) is 43.3 Å². The highest BCUT2D eigenvalue weighted by molar-refractivity contribution is 5.75. The number of aromatic nitrogens is 3. The molecule has 0 bridgehead atoms. The summed E-state index contributed by atoms with van der Waals surface area (Å²) in [4.78, 5) is 27.6. The van der Waals surface area contributed by atoms with Crippen LogP contribution in [0.4, 0.5) is 11.6 Å². The van der Waals surface area contributed by atoms with Gasteiger partial charge in [-0.15, -0.1) is 0 Å². The second kappa shape index (κ2) is 8.99. The number of pyridine rings is 1. The van der Waals surface area contributed by atoms with Crippen LogP contribution in [0.3, 0.4) is 0 Å². The predicted octanol–water partition coefficient (Wildman–Crippen LogP) is 2.76. The van der Waals surface area contributed by atoms with Crippen molar-refractivity contribution in [2.45, 2.75) is 51.1 Å². The third-order valence-corrected chi connectivity index (χ3v) is 5.40. The van der Waals surface area contributed by atoms with E-state index in [1.807, 2.05) is 18.2 Å². The van der Waals surface area contributed by atoms with Crippen LogP contribution in [-0.4, -0.2) is 40.0 Å². The molecule has 2 aromatic heterocycles. The zero-order valence-corrected chi connectivity index (χ0v) is 16.2. The number of carbonyl (C=O) groups is 1. The summed E-state index contributed by atoms with van der Waals surface area (Å²) in [7, 11) is 0. The summed E-state index contributed by atoms with van der Waals surface area (Å²) in [6.45, 7) is 2.46. The highest BCUT2D eigenvalue weighted by atomic mass is 16.1. The average molecular weight is 380 g/mol. The minimum Gasteiger partial charge on any atom is -0.367 e. The van der Waals surface area contributed by atoms with Crippen LogP contribution in [0, 0.1) is 5.92 Å². The molecule has 7 heteroatoms. The van der Waals surface area contributed by atoms with Gasteiger partial charge >= 0.3 is 0 Å². The lowest BCUT2D eigenvalue weighted by Crippen LogP contribution is -2.36. The van der Waals surface area contributed by atoms with Gasteiger partial charge in [0.05, 0.1) is 12.2 Å². The SMILES string of the molecule is O=C(CC[C@H]1CCCN(c2cc(NC3CC3)ncn2)C1)NCc1ccccn1. The van der Waals surface area contributed by atoms with Crippen molar-refractivity contribution in [1.82, 2.24) is 20.3 Å². The maximum atomic E-state index is 12.2. The monoisotopic (exact) mass is 380 g/mol. The second-order valence-electron chi connectivity index (χ2n) is 7.77. The van der Waals surface area contributed by atoms with Crippen LogP contribution in [0.1, 0.15) is 44.2 Å². The van der Waals surface area contributed by atoms with E-state index in [9.17, 15) is 4.79 Å². The highest BCUT2D eigenvalue weighted by Crippen LogP contribution is 2.27. The predicted molar refractivity (Wildman–Crippen MR) is 109 cm³/mol. The van der Waals surface area contributed by atoms with E-state index in [1.165, 1.54) is 19.3 Å². The van der Waals surface area contributed by atoms with E-state index in [0.29, 0.717) is 24.9 Å². The molecule has 1 aliphatic heterocycles. The number of hydrogen-bond acceptors (Lipinski definition) is 6. The molecule has 2 aromatic rings. The van der Waals surface area contributed by atoms with Crippen LogP contribution in [0.15, 0.2) is 36.8 Å². The van der Waals surface area contributed by atoms with Crippen LogP contribution in [0.5, 0.6) is 0 Å². The number of hydrogen-bond donors (Lipinski definition) is 2. The highest BCUT2D eigenvalue weighted by Gasteiger charge is 2.24. The Kier molecular flexibility index (Phi) is 5.99. The van der Waals surface area contributed by atoms with Crippen LogP contribution in [0.25, 0.3) is 0 Å². The van der Waals surface area contributed by atoms with Gasteiger partial charge in [-0.05, 0) is 50.2 Å². The van der Waals surface area contributed by atoms with Gasteiger partial charge in [-0.2, -0.15) is 0 Å². The molecular weight excluding hydrogens is 352 g/mol. The fourth-order valence-corrected chi connectivity index (χ4v) is 3.66. The fraction of sp³-hybridized carbons (Fsp3) is 0.524. The van der Waals surface area contributed by atoms with E-state index in [4.69, 9.17) is 0 Å². The van der Waals surface area contributed by atoms with Gasteiger partial charge in [-0.25, -0.2) is 9.97 Å². The van der Waals surface area contributed by atoms with Gasteiger partial charge < -0.3 is 15.5 Å². The number of anilines is 2. The smallest absolute Gasteiger partial charge is 0.220 e. The Bertz CT molecular complexity index is 779. The number of carbonyl (C=O) groups excluding carboxylic acids is 1. The molecule has 0 aromatic carbocycles. The molecule has 2 N–H and O–H groups in total. The standard InChI is InChI=1S/C21H28N6O/c28-21(23-13-18-5-1-2-10-22-18)9-6-16-4-3-11-27(14-16)20-12-19(24-15-25-20)26-17-7-8-17/h1-2,5,10,12,15-17H,3-4,6-9,11,13-14H2,(H,23,28)(H,24,25,26)/t16-/m1/s1. The summed E-state index contributed by atoms with van der Waals surface area (Å²) in [5, 5.41) is 6.41. The minimum absolute atomic E-state index is 0.0979. The number of amides is 1. The number of rotatable bonds is 8. The summed E-state index contributed by atoms with van der Waals surface area (Å²) < 4.78 is 0. The summed E-state index contributed by atoms with van der Waals surface area (Å²) >= 11 is 0. The third kappa shape index (κ3) is 5.41. The molecule has 3 heterocycles. The van der Waals surface area contributed by atoms with Gasteiger partial charge in [0, 0.05) is 37.8 Å². The number of nitrogens with one attached hydrogen (secondary N) is 2.